The van der Waals surface area contributed by atoms with Crippen molar-refractivity contribution in [1.29, 1.82) is 0 Å². The van der Waals surface area contributed by atoms with Gasteiger partial charge in [-0.25, -0.2) is 0 Å². The molecule has 0 bridgehead atoms. The van der Waals surface area contributed by atoms with Gasteiger partial charge in [0, 0.05) is 22.8 Å². The zero-order valence-corrected chi connectivity index (χ0v) is 9.36. The van der Waals surface area contributed by atoms with Crippen molar-refractivity contribution in [2.24, 2.45) is 0 Å². The first-order valence-corrected chi connectivity index (χ1v) is 5.88. The van der Waals surface area contributed by atoms with E-state index in [1.165, 1.54) is 4.88 Å². The van der Waals surface area contributed by atoms with Crippen LogP contribution in [0.1, 0.15) is 31.6 Å². The second kappa shape index (κ2) is 3.39. The Bertz CT molecular complexity index is 333. The molecule has 1 fully saturated rings. The fourth-order valence-corrected chi connectivity index (χ4v) is 3.22. The maximum absolute atomic E-state index is 11.4. The van der Waals surface area contributed by atoms with Crippen LogP contribution in [0.4, 0.5) is 0 Å². The van der Waals surface area contributed by atoms with Crippen molar-refractivity contribution in [3.63, 3.8) is 0 Å². The van der Waals surface area contributed by atoms with E-state index in [9.17, 15) is 4.79 Å². The van der Waals surface area contributed by atoms with Crippen molar-refractivity contribution >= 4 is 17.2 Å². The summed E-state index contributed by atoms with van der Waals surface area (Å²) in [6.07, 6.45) is 1.63. The zero-order valence-electron chi connectivity index (χ0n) is 8.54. The Morgan fingerprint density at radius 3 is 3.07 bits per heavy atom. The molecule has 1 aromatic heterocycles. The molecule has 0 aliphatic carbocycles. The zero-order chi connectivity index (χ0) is 10.2. The lowest BCUT2D eigenvalue weighted by molar-refractivity contribution is -0.119. The molecule has 2 heterocycles. The third-order valence-electron chi connectivity index (χ3n) is 3.12. The maximum Gasteiger partial charge on any atom is 0.221 e. The number of carbonyl (C=O) groups excluding carboxylic acids is 1. The molecule has 1 aromatic rings. The average Bonchev–Trinajstić information content (AvgIpc) is 2.73. The number of nitrogens with one attached hydrogen (secondary N) is 1. The summed E-state index contributed by atoms with van der Waals surface area (Å²) in [5.41, 5.74) is 0.0139. The second-order valence-corrected chi connectivity index (χ2v) is 5.05. The molecular formula is C11H15NOS. The standard InChI is InChI=1S/C11H15NOS/c1-3-8-11(2,7-10(13)12-8)9-5-4-6-14-9/h4-6,8H,3,7H2,1-2H3,(H,12,13). The van der Waals surface area contributed by atoms with Gasteiger partial charge < -0.3 is 5.32 Å². The Hall–Kier alpha value is -0.830. The smallest absolute Gasteiger partial charge is 0.221 e. The molecule has 0 aromatic carbocycles. The lowest BCUT2D eigenvalue weighted by Crippen LogP contribution is -2.37. The Labute approximate surface area is 88.3 Å². The first kappa shape index (κ1) is 9.71. The number of hydrogen-bond donors (Lipinski definition) is 1. The molecule has 76 valence electrons. The summed E-state index contributed by atoms with van der Waals surface area (Å²) in [5, 5.41) is 5.13. The fraction of sp³-hybridized carbons (Fsp3) is 0.545. The Kier molecular flexibility index (Phi) is 2.35. The van der Waals surface area contributed by atoms with Crippen molar-refractivity contribution in [2.75, 3.05) is 0 Å². The molecule has 2 atom stereocenters. The van der Waals surface area contributed by atoms with Gasteiger partial charge >= 0.3 is 0 Å². The van der Waals surface area contributed by atoms with Crippen LogP contribution in [0.2, 0.25) is 0 Å². The molecule has 2 nitrogen and oxygen atoms in total. The van der Waals surface area contributed by atoms with Gasteiger partial charge in [-0.2, -0.15) is 0 Å². The van der Waals surface area contributed by atoms with Gasteiger partial charge in [-0.3, -0.25) is 4.79 Å². The first-order valence-electron chi connectivity index (χ1n) is 5.00. The molecule has 1 amide bonds. The highest BCUT2D eigenvalue weighted by Crippen LogP contribution is 2.39. The van der Waals surface area contributed by atoms with Crippen LogP contribution in [0.15, 0.2) is 17.5 Å². The first-order chi connectivity index (χ1) is 6.66. The summed E-state index contributed by atoms with van der Waals surface area (Å²) in [6.45, 7) is 4.31. The van der Waals surface area contributed by atoms with Crippen LogP contribution >= 0.6 is 11.3 Å². The molecule has 1 saturated heterocycles. The number of amides is 1. The van der Waals surface area contributed by atoms with Gasteiger partial charge in [0.2, 0.25) is 5.91 Å². The molecule has 2 rings (SSSR count). The van der Waals surface area contributed by atoms with Crippen molar-refractivity contribution in [3.05, 3.63) is 22.4 Å². The van der Waals surface area contributed by atoms with E-state index in [2.05, 4.69) is 36.7 Å². The van der Waals surface area contributed by atoms with Gasteiger partial charge in [0.25, 0.3) is 0 Å². The van der Waals surface area contributed by atoms with Crippen molar-refractivity contribution < 1.29 is 4.79 Å². The lowest BCUT2D eigenvalue weighted by Gasteiger charge is -2.28. The maximum atomic E-state index is 11.4. The van der Waals surface area contributed by atoms with Crippen molar-refractivity contribution in [3.8, 4) is 0 Å². The Morgan fingerprint density at radius 2 is 2.50 bits per heavy atom. The number of carbonyl (C=O) groups is 1. The van der Waals surface area contributed by atoms with E-state index in [0.717, 1.165) is 6.42 Å². The summed E-state index contributed by atoms with van der Waals surface area (Å²) in [4.78, 5) is 12.7. The van der Waals surface area contributed by atoms with E-state index < -0.39 is 0 Å². The largest absolute Gasteiger partial charge is 0.352 e. The van der Waals surface area contributed by atoms with Crippen LogP contribution in [-0.4, -0.2) is 11.9 Å². The molecule has 3 heteroatoms. The molecule has 2 unspecified atom stereocenters. The monoisotopic (exact) mass is 209 g/mol. The fourth-order valence-electron chi connectivity index (χ4n) is 2.28. The molecule has 0 radical (unpaired) electrons. The highest BCUT2D eigenvalue weighted by atomic mass is 32.1. The van der Waals surface area contributed by atoms with E-state index in [1.807, 2.05) is 0 Å². The van der Waals surface area contributed by atoms with Gasteiger partial charge in [-0.1, -0.05) is 19.9 Å². The molecule has 1 aliphatic heterocycles. The minimum Gasteiger partial charge on any atom is -0.352 e. The summed E-state index contributed by atoms with van der Waals surface area (Å²) in [5.74, 6) is 0.188. The van der Waals surface area contributed by atoms with Gasteiger partial charge in [-0.15, -0.1) is 11.3 Å². The number of rotatable bonds is 2. The minimum atomic E-state index is 0.0139. The predicted octanol–water partition coefficient (Wildman–Crippen LogP) is 2.30. The van der Waals surface area contributed by atoms with Crippen LogP contribution in [0.3, 0.4) is 0 Å². The van der Waals surface area contributed by atoms with E-state index in [-0.39, 0.29) is 11.3 Å². The van der Waals surface area contributed by atoms with Gasteiger partial charge in [0.05, 0.1) is 0 Å². The van der Waals surface area contributed by atoms with Crippen LogP contribution in [-0.2, 0) is 10.2 Å². The third kappa shape index (κ3) is 1.36. The molecule has 14 heavy (non-hydrogen) atoms. The lowest BCUT2D eigenvalue weighted by atomic mass is 9.80. The second-order valence-electron chi connectivity index (χ2n) is 4.10. The Balaban J connectivity index is 2.34. The summed E-state index contributed by atoms with van der Waals surface area (Å²) >= 11 is 1.75. The van der Waals surface area contributed by atoms with Crippen LogP contribution < -0.4 is 5.32 Å². The highest BCUT2D eigenvalue weighted by molar-refractivity contribution is 7.10. The summed E-state index contributed by atoms with van der Waals surface area (Å²) in [6, 6.07) is 4.49. The quantitative estimate of drug-likeness (QED) is 0.795. The summed E-state index contributed by atoms with van der Waals surface area (Å²) < 4.78 is 0. The number of hydrogen-bond acceptors (Lipinski definition) is 2. The number of thiophene rings is 1. The van der Waals surface area contributed by atoms with Gasteiger partial charge in [0.15, 0.2) is 0 Å². The summed E-state index contributed by atoms with van der Waals surface area (Å²) in [7, 11) is 0. The molecule has 1 aliphatic rings. The highest BCUT2D eigenvalue weighted by Gasteiger charge is 2.43. The molecular weight excluding hydrogens is 194 g/mol. The minimum absolute atomic E-state index is 0.0139. The van der Waals surface area contributed by atoms with E-state index >= 15 is 0 Å². The van der Waals surface area contributed by atoms with E-state index in [0.29, 0.717) is 12.5 Å². The van der Waals surface area contributed by atoms with Gasteiger partial charge in [0.1, 0.15) is 0 Å². The van der Waals surface area contributed by atoms with Crippen LogP contribution in [0, 0.1) is 0 Å². The van der Waals surface area contributed by atoms with Crippen LogP contribution in [0.5, 0.6) is 0 Å². The predicted molar refractivity (Wildman–Crippen MR) is 58.5 cm³/mol. The SMILES string of the molecule is CCC1NC(=O)CC1(C)c1cccs1. The van der Waals surface area contributed by atoms with E-state index in [4.69, 9.17) is 0 Å². The molecule has 0 saturated carbocycles. The van der Waals surface area contributed by atoms with Crippen molar-refractivity contribution in [1.82, 2.24) is 5.32 Å². The van der Waals surface area contributed by atoms with Gasteiger partial charge in [-0.05, 0) is 17.9 Å². The molecule has 0 spiro atoms. The average molecular weight is 209 g/mol. The van der Waals surface area contributed by atoms with Crippen LogP contribution in [0.25, 0.3) is 0 Å². The third-order valence-corrected chi connectivity index (χ3v) is 4.27. The van der Waals surface area contributed by atoms with Crippen molar-refractivity contribution in [2.45, 2.75) is 38.1 Å². The molecule has 1 N–H and O–H groups in total. The van der Waals surface area contributed by atoms with E-state index in [1.54, 1.807) is 11.3 Å². The normalized spacial score (nSPS) is 31.9. The Morgan fingerprint density at radius 1 is 1.71 bits per heavy atom. The topological polar surface area (TPSA) is 29.1 Å².